The van der Waals surface area contributed by atoms with Crippen molar-refractivity contribution in [1.82, 2.24) is 19.9 Å². The Morgan fingerprint density at radius 1 is 1.19 bits per heavy atom. The highest BCUT2D eigenvalue weighted by molar-refractivity contribution is 7.23. The summed E-state index contributed by atoms with van der Waals surface area (Å²) in [5.41, 5.74) is 12.8. The number of ether oxygens (including phenoxy) is 2. The molecule has 0 bridgehead atoms. The van der Waals surface area contributed by atoms with Gasteiger partial charge in [0.1, 0.15) is 53.9 Å². The summed E-state index contributed by atoms with van der Waals surface area (Å²) in [5, 5.41) is 13.2. The predicted octanol–water partition coefficient (Wildman–Crippen LogP) is 6.72. The van der Waals surface area contributed by atoms with Gasteiger partial charge < -0.3 is 30.7 Å². The van der Waals surface area contributed by atoms with Crippen molar-refractivity contribution in [3.63, 3.8) is 0 Å². The molecule has 52 heavy (non-hydrogen) atoms. The van der Waals surface area contributed by atoms with Gasteiger partial charge in [-0.2, -0.15) is 15.2 Å². The second kappa shape index (κ2) is 15.6. The van der Waals surface area contributed by atoms with Crippen LogP contribution in [0.1, 0.15) is 30.4 Å². The molecule has 2 saturated heterocycles. The van der Waals surface area contributed by atoms with Crippen molar-refractivity contribution in [3.8, 4) is 29.0 Å². The number of nitrogens with zero attached hydrogens (tertiary/aromatic N) is 7. The lowest BCUT2D eigenvalue weighted by atomic mass is 9.96. The van der Waals surface area contributed by atoms with Crippen molar-refractivity contribution in [2.45, 2.75) is 38.0 Å². The minimum Gasteiger partial charge on any atom is -0.489 e. The number of hydrogen-bond acceptors (Lipinski definition) is 13. The highest BCUT2D eigenvalue weighted by atomic mass is 35.5. The van der Waals surface area contributed by atoms with Gasteiger partial charge in [-0.1, -0.05) is 23.7 Å². The van der Waals surface area contributed by atoms with Crippen molar-refractivity contribution < 1.29 is 27.5 Å². The van der Waals surface area contributed by atoms with Gasteiger partial charge in [0, 0.05) is 48.6 Å². The van der Waals surface area contributed by atoms with E-state index in [4.69, 9.17) is 32.5 Å². The van der Waals surface area contributed by atoms with Crippen molar-refractivity contribution in [3.05, 3.63) is 58.2 Å². The standard InChI is InChI=1S/C26H18ClF2N7O2S.C7H12FN.C2H5NO/c1-37-26-34-20-17-21(38-8-7-36(25(17)35-26)10-11-3-2-6-33-23(11)31)18(27)16(19(20)29)12-4-5-14(28)22-15(12)13(9-30)24(32)39-22;8-6-4-7-2-1-3-9(7)5-6;1-3-4-2/h2-6H,7-8,10,32H2,1H3,(H2,31,33);6-7H,1-5H2;1H2,2H3. The third kappa shape index (κ3) is 6.91. The summed E-state index contributed by atoms with van der Waals surface area (Å²) in [7, 11) is 2.82. The highest BCUT2D eigenvalue weighted by Gasteiger charge is 2.35. The molecule has 17 heteroatoms. The number of thiophene rings is 1. The van der Waals surface area contributed by atoms with E-state index in [1.54, 1.807) is 12.3 Å². The molecule has 0 amide bonds. The van der Waals surface area contributed by atoms with Gasteiger partial charge in [-0.15, -0.1) is 16.5 Å². The van der Waals surface area contributed by atoms with E-state index in [-0.39, 0.29) is 66.1 Å². The van der Waals surface area contributed by atoms with Gasteiger partial charge in [-0.3, -0.25) is 4.90 Å². The molecule has 3 aliphatic rings. The monoisotopic (exact) mass is 753 g/mol. The number of hydrogen-bond donors (Lipinski definition) is 2. The SMILES string of the molecule is C=NOC.COc1nc2c3c(c(Cl)c(-c4ccc(F)c5sc(N)c(C#N)c45)c(F)c3n1)OCCN2Cc1cccnc1N.FC1CC2CCCN2C1. The number of anilines is 3. The molecule has 8 rings (SSSR count). The molecule has 272 valence electrons. The molecule has 0 aliphatic carbocycles. The molecule has 3 aliphatic heterocycles. The predicted molar refractivity (Wildman–Crippen MR) is 197 cm³/mol. The first kappa shape index (κ1) is 36.7. The summed E-state index contributed by atoms with van der Waals surface area (Å²) in [4.78, 5) is 21.1. The lowest BCUT2D eigenvalue weighted by Gasteiger charge is -2.23. The molecule has 2 atom stereocenters. The highest BCUT2D eigenvalue weighted by Crippen LogP contribution is 2.50. The Labute approximate surface area is 306 Å². The summed E-state index contributed by atoms with van der Waals surface area (Å²) in [5.74, 6) is -0.560. The second-order valence-electron chi connectivity index (χ2n) is 12.1. The summed E-state index contributed by atoms with van der Waals surface area (Å²) >= 11 is 7.76. The Bertz CT molecular complexity index is 2170. The lowest BCUT2D eigenvalue weighted by molar-refractivity contribution is 0.217. The number of methoxy groups -OCH3 is 1. The van der Waals surface area contributed by atoms with Crippen LogP contribution in [0.3, 0.4) is 0 Å². The molecule has 5 aromatic rings. The first-order chi connectivity index (χ1) is 25.1. The van der Waals surface area contributed by atoms with E-state index in [0.29, 0.717) is 37.3 Å². The van der Waals surface area contributed by atoms with Gasteiger partial charge in [0.05, 0.1) is 34.3 Å². The quantitative estimate of drug-likeness (QED) is 0.145. The van der Waals surface area contributed by atoms with Crippen LogP contribution in [-0.2, 0) is 11.4 Å². The average molecular weight is 754 g/mol. The van der Waals surface area contributed by atoms with E-state index in [1.807, 2.05) is 17.0 Å². The largest absolute Gasteiger partial charge is 0.489 e. The Hall–Kier alpha value is -5.11. The first-order valence-corrected chi connectivity index (χ1v) is 17.4. The van der Waals surface area contributed by atoms with Crippen molar-refractivity contribution in [2.75, 3.05) is 56.8 Å². The zero-order valence-corrected chi connectivity index (χ0v) is 29.9. The van der Waals surface area contributed by atoms with Gasteiger partial charge in [0.15, 0.2) is 11.6 Å². The Kier molecular flexibility index (Phi) is 11.0. The van der Waals surface area contributed by atoms with Crippen LogP contribution in [0.2, 0.25) is 5.02 Å². The zero-order chi connectivity index (χ0) is 37.1. The maximum Gasteiger partial charge on any atom is 0.318 e. The molecule has 6 heterocycles. The number of nitriles is 1. The van der Waals surface area contributed by atoms with Crippen LogP contribution in [0, 0.1) is 23.0 Å². The van der Waals surface area contributed by atoms with E-state index in [9.17, 15) is 14.0 Å². The number of aromatic nitrogens is 3. The summed E-state index contributed by atoms with van der Waals surface area (Å²) in [6.07, 6.45) is 4.40. The lowest BCUT2D eigenvalue weighted by Crippen LogP contribution is -2.28. The smallest absolute Gasteiger partial charge is 0.318 e. The third-order valence-electron chi connectivity index (χ3n) is 9.11. The minimum atomic E-state index is -0.811. The van der Waals surface area contributed by atoms with Crippen molar-refractivity contribution in [1.29, 1.82) is 5.26 Å². The van der Waals surface area contributed by atoms with Gasteiger partial charge in [0.25, 0.3) is 0 Å². The number of rotatable bonds is 5. The van der Waals surface area contributed by atoms with Gasteiger partial charge in [-0.05, 0) is 43.5 Å². The van der Waals surface area contributed by atoms with Crippen molar-refractivity contribution >= 4 is 67.3 Å². The number of pyridine rings is 1. The average Bonchev–Trinajstić information content (AvgIpc) is 3.79. The molecule has 0 radical (unpaired) electrons. The fraction of sp³-hybridized carbons (Fsp3) is 0.343. The van der Waals surface area contributed by atoms with Crippen LogP contribution in [0.4, 0.5) is 29.8 Å². The van der Waals surface area contributed by atoms with E-state index >= 15 is 4.39 Å². The zero-order valence-electron chi connectivity index (χ0n) is 28.3. The molecule has 3 aromatic heterocycles. The molecular formula is C35H35ClF3N9O3S. The van der Waals surface area contributed by atoms with Crippen LogP contribution < -0.4 is 25.8 Å². The number of benzene rings is 2. The molecule has 2 unspecified atom stereocenters. The molecular weight excluding hydrogens is 719 g/mol. The number of halogens is 4. The Balaban J connectivity index is 0.000000300. The van der Waals surface area contributed by atoms with Crippen LogP contribution in [0.15, 0.2) is 35.6 Å². The number of fused-ring (bicyclic) bond motifs is 2. The topological polar surface area (TPSA) is 161 Å². The van der Waals surface area contributed by atoms with Gasteiger partial charge in [0.2, 0.25) is 0 Å². The Morgan fingerprint density at radius 2 is 1.98 bits per heavy atom. The van der Waals surface area contributed by atoms with Gasteiger partial charge >= 0.3 is 6.01 Å². The molecule has 2 aromatic carbocycles. The Morgan fingerprint density at radius 3 is 2.67 bits per heavy atom. The van der Waals surface area contributed by atoms with Gasteiger partial charge in [-0.25, -0.2) is 18.2 Å². The van der Waals surface area contributed by atoms with Crippen LogP contribution in [0.5, 0.6) is 11.8 Å². The van der Waals surface area contributed by atoms with Crippen LogP contribution in [-0.4, -0.2) is 79.2 Å². The van der Waals surface area contributed by atoms with E-state index in [0.717, 1.165) is 29.9 Å². The van der Waals surface area contributed by atoms with E-state index in [2.05, 4.69) is 36.6 Å². The first-order valence-electron chi connectivity index (χ1n) is 16.2. The second-order valence-corrected chi connectivity index (χ2v) is 13.5. The summed E-state index contributed by atoms with van der Waals surface area (Å²) in [6.45, 7) is 5.69. The minimum absolute atomic E-state index is 0.0352. The third-order valence-corrected chi connectivity index (χ3v) is 10.5. The molecule has 4 N–H and O–H groups in total. The molecule has 12 nitrogen and oxygen atoms in total. The van der Waals surface area contributed by atoms with E-state index in [1.165, 1.54) is 39.2 Å². The fourth-order valence-electron chi connectivity index (χ4n) is 6.77. The fourth-order valence-corrected chi connectivity index (χ4v) is 8.05. The van der Waals surface area contributed by atoms with Crippen LogP contribution in [0.25, 0.3) is 32.1 Å². The summed E-state index contributed by atoms with van der Waals surface area (Å²) < 4.78 is 55.4. The summed E-state index contributed by atoms with van der Waals surface area (Å²) in [6, 6.07) is 8.67. The number of nitrogens with two attached hydrogens (primary N) is 2. The van der Waals surface area contributed by atoms with Crippen molar-refractivity contribution in [2.24, 2.45) is 5.16 Å². The maximum absolute atomic E-state index is 16.5. The van der Waals surface area contributed by atoms with E-state index < -0.39 is 17.8 Å². The maximum atomic E-state index is 16.5. The molecule has 0 saturated carbocycles. The number of alkyl halides is 1. The molecule has 2 fully saturated rings. The number of nitrogen functional groups attached to an aromatic ring is 2. The molecule has 0 spiro atoms. The van der Waals surface area contributed by atoms with Crippen LogP contribution >= 0.6 is 22.9 Å². The number of oxime groups is 1. The normalized spacial score (nSPS) is 17.6.